The van der Waals surface area contributed by atoms with Gasteiger partial charge in [-0.15, -0.1) is 0 Å². The van der Waals surface area contributed by atoms with Gasteiger partial charge in [-0.05, 0) is 18.1 Å². The zero-order valence-corrected chi connectivity index (χ0v) is 15.0. The Morgan fingerprint density at radius 2 is 1.96 bits per heavy atom. The van der Waals surface area contributed by atoms with E-state index in [-0.39, 0.29) is 0 Å². The van der Waals surface area contributed by atoms with Crippen LogP contribution in [0.4, 0.5) is 5.82 Å². The van der Waals surface area contributed by atoms with Gasteiger partial charge in [-0.25, -0.2) is 9.97 Å². The molecule has 128 valence electrons. The second-order valence-corrected chi connectivity index (χ2v) is 7.00. The summed E-state index contributed by atoms with van der Waals surface area (Å²) in [5.74, 6) is 2.29. The topological polar surface area (TPSA) is 55.1 Å². The summed E-state index contributed by atoms with van der Waals surface area (Å²) in [6.07, 6.45) is 2.46. The average molecular weight is 355 g/mol. The predicted octanol–water partition coefficient (Wildman–Crippen LogP) is 4.47. The molecule has 1 aliphatic heterocycles. The summed E-state index contributed by atoms with van der Waals surface area (Å²) in [7, 11) is 0. The summed E-state index contributed by atoms with van der Waals surface area (Å²) in [6, 6.07) is 9.77. The molecule has 0 amide bonds. The number of hydrogen-bond donors (Lipinski definition) is 0. The molecule has 0 unspecified atom stereocenters. The van der Waals surface area contributed by atoms with E-state index in [1.165, 1.54) is 0 Å². The molecule has 0 saturated heterocycles. The molecule has 3 heterocycles. The Labute approximate surface area is 151 Å². The lowest BCUT2D eigenvalue weighted by molar-refractivity contribution is 0.378. The highest BCUT2D eigenvalue weighted by Crippen LogP contribution is 2.32. The van der Waals surface area contributed by atoms with E-state index >= 15 is 0 Å². The highest BCUT2D eigenvalue weighted by atomic mass is 35.5. The maximum Gasteiger partial charge on any atom is 0.144 e. The highest BCUT2D eigenvalue weighted by Gasteiger charge is 2.26. The van der Waals surface area contributed by atoms with Crippen LogP contribution in [-0.4, -0.2) is 21.7 Å². The van der Waals surface area contributed by atoms with E-state index in [0.717, 1.165) is 53.6 Å². The molecule has 4 rings (SSSR count). The van der Waals surface area contributed by atoms with Crippen LogP contribution in [0.2, 0.25) is 5.02 Å². The zero-order valence-electron chi connectivity index (χ0n) is 14.2. The second-order valence-electron chi connectivity index (χ2n) is 6.57. The van der Waals surface area contributed by atoms with Gasteiger partial charge in [-0.2, -0.15) is 0 Å². The largest absolute Gasteiger partial charge is 0.360 e. The van der Waals surface area contributed by atoms with Gasteiger partial charge in [-0.3, -0.25) is 0 Å². The monoisotopic (exact) mass is 354 g/mol. The van der Waals surface area contributed by atoms with Crippen LogP contribution in [0.3, 0.4) is 0 Å². The van der Waals surface area contributed by atoms with Gasteiger partial charge in [-0.1, -0.05) is 42.7 Å². The minimum atomic E-state index is 0.377. The van der Waals surface area contributed by atoms with E-state index in [4.69, 9.17) is 16.1 Å². The first-order valence-corrected chi connectivity index (χ1v) is 8.80. The summed E-state index contributed by atoms with van der Waals surface area (Å²) in [6.45, 7) is 5.86. The molecule has 2 aromatic heterocycles. The van der Waals surface area contributed by atoms with Crippen molar-refractivity contribution >= 4 is 17.4 Å². The molecule has 0 atom stereocenters. The van der Waals surface area contributed by atoms with Crippen molar-refractivity contribution in [2.45, 2.75) is 32.7 Å². The number of fused-ring (bicyclic) bond motifs is 1. The van der Waals surface area contributed by atoms with Crippen LogP contribution in [-0.2, 0) is 13.0 Å². The third-order valence-electron chi connectivity index (χ3n) is 4.53. The van der Waals surface area contributed by atoms with E-state index in [2.05, 4.69) is 39.9 Å². The lowest BCUT2D eigenvalue weighted by atomic mass is 10.0. The minimum absolute atomic E-state index is 0.377. The van der Waals surface area contributed by atoms with Gasteiger partial charge in [0, 0.05) is 40.9 Å². The molecule has 0 radical (unpaired) electrons. The van der Waals surface area contributed by atoms with Crippen molar-refractivity contribution in [2.24, 2.45) is 0 Å². The quantitative estimate of drug-likeness (QED) is 0.694. The van der Waals surface area contributed by atoms with E-state index in [9.17, 15) is 0 Å². The van der Waals surface area contributed by atoms with E-state index in [1.807, 2.05) is 24.3 Å². The summed E-state index contributed by atoms with van der Waals surface area (Å²) in [5, 5.41) is 5.01. The summed E-state index contributed by atoms with van der Waals surface area (Å²) < 4.78 is 5.58. The molecule has 0 N–H and O–H groups in total. The Bertz CT molecular complexity index is 889. The lowest BCUT2D eigenvalue weighted by Gasteiger charge is -2.27. The van der Waals surface area contributed by atoms with Crippen LogP contribution in [0.5, 0.6) is 0 Å². The van der Waals surface area contributed by atoms with Crippen molar-refractivity contribution < 1.29 is 4.52 Å². The van der Waals surface area contributed by atoms with Gasteiger partial charge < -0.3 is 9.42 Å². The second kappa shape index (κ2) is 6.48. The molecule has 0 saturated carbocycles. The first-order valence-electron chi connectivity index (χ1n) is 8.42. The van der Waals surface area contributed by atoms with Crippen LogP contribution in [0.25, 0.3) is 11.3 Å². The normalized spacial score (nSPS) is 14.0. The fourth-order valence-electron chi connectivity index (χ4n) is 3.09. The van der Waals surface area contributed by atoms with E-state index in [0.29, 0.717) is 10.9 Å². The Morgan fingerprint density at radius 1 is 1.16 bits per heavy atom. The third kappa shape index (κ3) is 3.12. The number of aromatic nitrogens is 3. The van der Waals surface area contributed by atoms with Crippen LogP contribution in [0.1, 0.15) is 36.8 Å². The molecule has 0 fully saturated rings. The molecular weight excluding hydrogens is 336 g/mol. The molecule has 1 aliphatic rings. The standard InChI is InChI=1S/C19H19ClN4O/c1-12(2)16-9-18(22-11-21-16)24-8-7-17-15(10-24)19(23-25-17)13-3-5-14(20)6-4-13/h3-6,9,11-12H,7-8,10H2,1-2H3. The van der Waals surface area contributed by atoms with Crippen LogP contribution in [0, 0.1) is 0 Å². The van der Waals surface area contributed by atoms with Gasteiger partial charge >= 0.3 is 0 Å². The maximum atomic E-state index is 5.99. The fourth-order valence-corrected chi connectivity index (χ4v) is 3.22. The molecule has 25 heavy (non-hydrogen) atoms. The van der Waals surface area contributed by atoms with Crippen molar-refractivity contribution in [2.75, 3.05) is 11.4 Å². The van der Waals surface area contributed by atoms with Crippen molar-refractivity contribution in [3.8, 4) is 11.3 Å². The van der Waals surface area contributed by atoms with Crippen molar-refractivity contribution in [3.05, 3.63) is 58.7 Å². The molecular formula is C19H19ClN4O. The number of hydrogen-bond acceptors (Lipinski definition) is 5. The van der Waals surface area contributed by atoms with Gasteiger partial charge in [0.05, 0.1) is 6.54 Å². The van der Waals surface area contributed by atoms with Gasteiger partial charge in [0.25, 0.3) is 0 Å². The minimum Gasteiger partial charge on any atom is -0.360 e. The molecule has 0 spiro atoms. The molecule has 5 nitrogen and oxygen atoms in total. The number of benzene rings is 1. The maximum absolute atomic E-state index is 5.99. The molecule has 3 aromatic rings. The van der Waals surface area contributed by atoms with Gasteiger partial charge in [0.1, 0.15) is 23.6 Å². The Morgan fingerprint density at radius 3 is 2.72 bits per heavy atom. The Kier molecular flexibility index (Phi) is 4.17. The third-order valence-corrected chi connectivity index (χ3v) is 4.79. The Hall–Kier alpha value is -2.40. The smallest absolute Gasteiger partial charge is 0.144 e. The predicted molar refractivity (Wildman–Crippen MR) is 97.8 cm³/mol. The highest BCUT2D eigenvalue weighted by molar-refractivity contribution is 6.30. The SMILES string of the molecule is CC(C)c1cc(N2CCc3onc(-c4ccc(Cl)cc4)c3C2)ncn1. The lowest BCUT2D eigenvalue weighted by Crippen LogP contribution is -2.30. The summed E-state index contributed by atoms with van der Waals surface area (Å²) >= 11 is 5.99. The van der Waals surface area contributed by atoms with Crippen LogP contribution in [0.15, 0.2) is 41.2 Å². The summed E-state index contributed by atoms with van der Waals surface area (Å²) in [4.78, 5) is 11.1. The van der Waals surface area contributed by atoms with Crippen molar-refractivity contribution in [1.82, 2.24) is 15.1 Å². The molecule has 0 aliphatic carbocycles. The fraction of sp³-hybridized carbons (Fsp3) is 0.316. The van der Waals surface area contributed by atoms with Gasteiger partial charge in [0.15, 0.2) is 0 Å². The number of anilines is 1. The van der Waals surface area contributed by atoms with E-state index in [1.54, 1.807) is 6.33 Å². The van der Waals surface area contributed by atoms with E-state index < -0.39 is 0 Å². The van der Waals surface area contributed by atoms with Crippen molar-refractivity contribution in [1.29, 1.82) is 0 Å². The average Bonchev–Trinajstić information content (AvgIpc) is 3.05. The van der Waals surface area contributed by atoms with Gasteiger partial charge in [0.2, 0.25) is 0 Å². The van der Waals surface area contributed by atoms with Crippen LogP contribution >= 0.6 is 11.6 Å². The molecule has 6 heteroatoms. The molecule has 0 bridgehead atoms. The Balaban J connectivity index is 1.66. The molecule has 1 aromatic carbocycles. The number of halogens is 1. The first-order chi connectivity index (χ1) is 12.1. The van der Waals surface area contributed by atoms with Crippen molar-refractivity contribution in [3.63, 3.8) is 0 Å². The zero-order chi connectivity index (χ0) is 17.4. The summed E-state index contributed by atoms with van der Waals surface area (Å²) in [5.41, 5.74) is 4.08. The first kappa shape index (κ1) is 16.1. The van der Waals surface area contributed by atoms with Crippen LogP contribution < -0.4 is 4.90 Å². The number of rotatable bonds is 3. The number of nitrogens with zero attached hydrogens (tertiary/aromatic N) is 4.